The summed E-state index contributed by atoms with van der Waals surface area (Å²) >= 11 is 0. The van der Waals surface area contributed by atoms with Gasteiger partial charge in [-0.25, -0.2) is 4.99 Å². The fourth-order valence-electron chi connectivity index (χ4n) is 4.10. The second-order valence-corrected chi connectivity index (χ2v) is 8.18. The molecule has 0 aliphatic carbocycles. The quantitative estimate of drug-likeness (QED) is 0.318. The van der Waals surface area contributed by atoms with Crippen molar-refractivity contribution in [3.05, 3.63) is 35.9 Å². The number of imide groups is 1. The van der Waals surface area contributed by atoms with Crippen LogP contribution in [0.25, 0.3) is 0 Å². The third-order valence-corrected chi connectivity index (χ3v) is 5.76. The van der Waals surface area contributed by atoms with Gasteiger partial charge in [-0.1, -0.05) is 57.6 Å². The topological polar surface area (TPSA) is 75.8 Å². The van der Waals surface area contributed by atoms with Crippen molar-refractivity contribution in [2.24, 2.45) is 16.6 Å². The van der Waals surface area contributed by atoms with Gasteiger partial charge in [0.25, 0.3) is 0 Å². The Morgan fingerprint density at radius 2 is 1.86 bits per heavy atom. The van der Waals surface area contributed by atoms with Gasteiger partial charge in [0.05, 0.1) is 17.3 Å². The summed E-state index contributed by atoms with van der Waals surface area (Å²) in [6.45, 7) is 2.24. The number of carbonyl (C=O) groups excluding carboxylic acids is 2. The molecule has 2 heterocycles. The van der Waals surface area contributed by atoms with E-state index >= 15 is 0 Å². The summed E-state index contributed by atoms with van der Waals surface area (Å²) in [6, 6.07) is 5.49. The molecule has 1 aromatic rings. The SMILES string of the molecule is CCCCCCCCC/C=C/CC1CC(=O)N(c2ccc3c(c2)CC(N)=N3)C1=O. The molecule has 156 valence electrons. The zero-order valence-electron chi connectivity index (χ0n) is 17.5. The number of hydrogen-bond acceptors (Lipinski definition) is 4. The van der Waals surface area contributed by atoms with E-state index in [4.69, 9.17) is 5.73 Å². The van der Waals surface area contributed by atoms with Crippen LogP contribution in [0.4, 0.5) is 11.4 Å². The van der Waals surface area contributed by atoms with Crippen LogP contribution in [0.15, 0.2) is 35.3 Å². The highest BCUT2D eigenvalue weighted by Crippen LogP contribution is 2.34. The zero-order valence-corrected chi connectivity index (χ0v) is 17.5. The molecule has 0 aromatic heterocycles. The monoisotopic (exact) mass is 395 g/mol. The van der Waals surface area contributed by atoms with Crippen molar-refractivity contribution in [2.45, 2.75) is 77.6 Å². The lowest BCUT2D eigenvalue weighted by Crippen LogP contribution is -2.30. The summed E-state index contributed by atoms with van der Waals surface area (Å²) in [5.74, 6) is 0.109. The average molecular weight is 396 g/mol. The highest BCUT2D eigenvalue weighted by Gasteiger charge is 2.39. The second-order valence-electron chi connectivity index (χ2n) is 8.18. The number of nitrogens with zero attached hydrogens (tertiary/aromatic N) is 2. The van der Waals surface area contributed by atoms with Crippen molar-refractivity contribution >= 4 is 29.0 Å². The molecular formula is C24H33N3O2. The summed E-state index contributed by atoms with van der Waals surface area (Å²) in [5.41, 5.74) is 8.22. The fraction of sp³-hybridized carbons (Fsp3) is 0.542. The number of aliphatic imine (C=N–C) groups is 1. The van der Waals surface area contributed by atoms with Gasteiger partial charge in [0, 0.05) is 12.8 Å². The number of fused-ring (bicyclic) bond motifs is 1. The highest BCUT2D eigenvalue weighted by atomic mass is 16.2. The third-order valence-electron chi connectivity index (χ3n) is 5.76. The lowest BCUT2D eigenvalue weighted by Gasteiger charge is -2.15. The van der Waals surface area contributed by atoms with Crippen LogP contribution in [0.5, 0.6) is 0 Å². The number of unbranched alkanes of at least 4 members (excludes halogenated alkanes) is 7. The first-order valence-electron chi connectivity index (χ1n) is 11.1. The van der Waals surface area contributed by atoms with Crippen LogP contribution in [0.1, 0.15) is 76.7 Å². The number of amidine groups is 1. The molecule has 2 aliphatic heterocycles. The summed E-state index contributed by atoms with van der Waals surface area (Å²) in [5, 5.41) is 0. The van der Waals surface area contributed by atoms with Crippen LogP contribution in [0.2, 0.25) is 0 Å². The molecule has 0 saturated carbocycles. The molecule has 0 radical (unpaired) electrons. The Morgan fingerprint density at radius 1 is 1.10 bits per heavy atom. The summed E-state index contributed by atoms with van der Waals surface area (Å²) < 4.78 is 0. The lowest BCUT2D eigenvalue weighted by atomic mass is 10.0. The van der Waals surface area contributed by atoms with Crippen LogP contribution < -0.4 is 10.6 Å². The number of hydrogen-bond donors (Lipinski definition) is 1. The van der Waals surface area contributed by atoms with Gasteiger partial charge in [0.15, 0.2) is 0 Å². The average Bonchev–Trinajstić information content (AvgIpc) is 3.20. The number of carbonyl (C=O) groups is 2. The highest BCUT2D eigenvalue weighted by molar-refractivity contribution is 6.21. The lowest BCUT2D eigenvalue weighted by molar-refractivity contribution is -0.122. The minimum Gasteiger partial charge on any atom is -0.387 e. The Labute approximate surface area is 174 Å². The number of nitrogens with two attached hydrogens (primary N) is 1. The maximum atomic E-state index is 12.8. The summed E-state index contributed by atoms with van der Waals surface area (Å²) in [7, 11) is 0. The van der Waals surface area contributed by atoms with Gasteiger partial charge in [-0.15, -0.1) is 0 Å². The van der Waals surface area contributed by atoms with Gasteiger partial charge >= 0.3 is 0 Å². The van der Waals surface area contributed by atoms with Gasteiger partial charge in [-0.2, -0.15) is 0 Å². The van der Waals surface area contributed by atoms with Crippen LogP contribution in [-0.4, -0.2) is 17.6 Å². The standard InChI is InChI=1S/C24H33N3O2/c1-2-3-4-5-6-7-8-9-10-11-12-18-17-23(28)27(24(18)29)20-13-14-21-19(15-20)16-22(25)26-21/h10-11,13-15,18H,2-9,12,16-17H2,1H3,(H2,25,26)/b11-10+. The Bertz CT molecular complexity index is 797. The molecule has 5 heteroatoms. The van der Waals surface area contributed by atoms with E-state index in [1.165, 1.54) is 49.8 Å². The van der Waals surface area contributed by atoms with Gasteiger partial charge < -0.3 is 5.73 Å². The van der Waals surface area contributed by atoms with Crippen molar-refractivity contribution in [1.29, 1.82) is 0 Å². The van der Waals surface area contributed by atoms with Gasteiger partial charge in [0.1, 0.15) is 5.84 Å². The maximum Gasteiger partial charge on any atom is 0.237 e. The molecule has 1 aromatic carbocycles. The van der Waals surface area contributed by atoms with Crippen molar-refractivity contribution in [1.82, 2.24) is 0 Å². The molecule has 1 atom stereocenters. The smallest absolute Gasteiger partial charge is 0.237 e. The maximum absolute atomic E-state index is 12.8. The molecule has 0 spiro atoms. The summed E-state index contributed by atoms with van der Waals surface area (Å²) in [6.07, 6.45) is 15.9. The molecule has 1 unspecified atom stereocenters. The fourth-order valence-corrected chi connectivity index (χ4v) is 4.10. The zero-order chi connectivity index (χ0) is 20.6. The molecule has 1 fully saturated rings. The molecule has 3 rings (SSSR count). The van der Waals surface area contributed by atoms with Crippen molar-refractivity contribution in [2.75, 3.05) is 4.90 Å². The van der Waals surface area contributed by atoms with Crippen LogP contribution >= 0.6 is 0 Å². The Hall–Kier alpha value is -2.43. The molecule has 5 nitrogen and oxygen atoms in total. The number of allylic oxidation sites excluding steroid dienone is 2. The predicted octanol–water partition coefficient (Wildman–Crippen LogP) is 5.20. The predicted molar refractivity (Wildman–Crippen MR) is 118 cm³/mol. The van der Waals surface area contributed by atoms with Crippen molar-refractivity contribution < 1.29 is 9.59 Å². The first kappa shape index (κ1) is 21.3. The largest absolute Gasteiger partial charge is 0.387 e. The van der Waals surface area contributed by atoms with Gasteiger partial charge in [-0.3, -0.25) is 14.5 Å². The summed E-state index contributed by atoms with van der Waals surface area (Å²) in [4.78, 5) is 30.9. The van der Waals surface area contributed by atoms with E-state index in [0.717, 1.165) is 17.7 Å². The van der Waals surface area contributed by atoms with E-state index in [2.05, 4.69) is 24.1 Å². The van der Waals surface area contributed by atoms with E-state index in [9.17, 15) is 9.59 Å². The molecule has 2 aliphatic rings. The number of amides is 2. The Kier molecular flexibility index (Phi) is 7.62. The van der Waals surface area contributed by atoms with Crippen molar-refractivity contribution in [3.8, 4) is 0 Å². The minimum absolute atomic E-state index is 0.0950. The van der Waals surface area contributed by atoms with E-state index < -0.39 is 0 Å². The van der Waals surface area contributed by atoms with E-state index in [1.54, 1.807) is 6.07 Å². The van der Waals surface area contributed by atoms with Crippen molar-refractivity contribution in [3.63, 3.8) is 0 Å². The van der Waals surface area contributed by atoms with E-state index in [1.807, 2.05) is 12.1 Å². The number of rotatable bonds is 11. The van der Waals surface area contributed by atoms with Gasteiger partial charge in [-0.05, 0) is 43.0 Å². The van der Waals surface area contributed by atoms with Crippen LogP contribution in [-0.2, 0) is 16.0 Å². The molecular weight excluding hydrogens is 362 g/mol. The Balaban J connectivity index is 1.43. The normalized spacial score (nSPS) is 18.7. The first-order chi connectivity index (χ1) is 14.1. The molecule has 29 heavy (non-hydrogen) atoms. The molecule has 0 bridgehead atoms. The second kappa shape index (κ2) is 10.4. The number of benzene rings is 1. The molecule has 1 saturated heterocycles. The van der Waals surface area contributed by atoms with E-state index in [0.29, 0.717) is 24.4 Å². The van der Waals surface area contributed by atoms with Crippen LogP contribution in [0.3, 0.4) is 0 Å². The minimum atomic E-state index is -0.248. The first-order valence-corrected chi connectivity index (χ1v) is 11.1. The Morgan fingerprint density at radius 3 is 2.66 bits per heavy atom. The molecule has 2 N–H and O–H groups in total. The third kappa shape index (κ3) is 5.55. The van der Waals surface area contributed by atoms with Gasteiger partial charge in [0.2, 0.25) is 11.8 Å². The molecule has 2 amide bonds. The number of anilines is 1. The van der Waals surface area contributed by atoms with E-state index in [-0.39, 0.29) is 24.2 Å². The van der Waals surface area contributed by atoms with Crippen LogP contribution in [0, 0.1) is 5.92 Å².